The molecular formula is C54H34F3N3O. The van der Waals surface area contributed by atoms with E-state index in [0.717, 1.165) is 90.4 Å². The van der Waals surface area contributed by atoms with E-state index in [-0.39, 0.29) is 0 Å². The van der Waals surface area contributed by atoms with E-state index >= 15 is 0 Å². The molecule has 2 aliphatic rings. The van der Waals surface area contributed by atoms with Gasteiger partial charge in [0.05, 0.1) is 11.0 Å². The third kappa shape index (κ3) is 5.95. The highest BCUT2D eigenvalue weighted by Gasteiger charge is 2.51. The number of aromatic nitrogens is 3. The van der Waals surface area contributed by atoms with Gasteiger partial charge in [0.25, 0.3) is 0 Å². The zero-order chi connectivity index (χ0) is 41.3. The van der Waals surface area contributed by atoms with Crippen molar-refractivity contribution in [2.75, 3.05) is 0 Å². The fraction of sp³-hybridized carbons (Fsp3) is 0.0556. The summed E-state index contributed by atoms with van der Waals surface area (Å²) in [6.07, 6.45) is -4.45. The molecule has 1 aliphatic heterocycles. The number of halogens is 3. The van der Waals surface area contributed by atoms with Gasteiger partial charge in [0, 0.05) is 27.8 Å². The van der Waals surface area contributed by atoms with Gasteiger partial charge in [0.2, 0.25) is 0 Å². The molecule has 2 heterocycles. The van der Waals surface area contributed by atoms with Crippen LogP contribution < -0.4 is 4.74 Å². The maximum atomic E-state index is 13.7. The molecule has 4 nitrogen and oxygen atoms in total. The van der Waals surface area contributed by atoms with Gasteiger partial charge in [-0.05, 0) is 93.9 Å². The Balaban J connectivity index is 1.16. The van der Waals surface area contributed by atoms with Crippen molar-refractivity contribution >= 4 is 0 Å². The molecule has 8 aromatic carbocycles. The molecule has 11 rings (SSSR count). The van der Waals surface area contributed by atoms with E-state index in [1.54, 1.807) is 0 Å². The average Bonchev–Trinajstić information content (AvgIpc) is 3.60. The Morgan fingerprint density at radius 3 is 1.54 bits per heavy atom. The summed E-state index contributed by atoms with van der Waals surface area (Å²) in [6, 6.07) is 60.7. The van der Waals surface area contributed by atoms with Gasteiger partial charge in [-0.15, -0.1) is 0 Å². The fourth-order valence-electron chi connectivity index (χ4n) is 9.12. The van der Waals surface area contributed by atoms with Gasteiger partial charge in [0.1, 0.15) is 11.5 Å². The molecule has 0 radical (unpaired) electrons. The van der Waals surface area contributed by atoms with Crippen LogP contribution >= 0.6 is 0 Å². The minimum absolute atomic E-state index is 0.436. The number of benzene rings is 8. The number of hydrogen-bond donors (Lipinski definition) is 0. The van der Waals surface area contributed by atoms with E-state index in [1.807, 2.05) is 104 Å². The molecule has 0 atom stereocenters. The molecule has 9 aromatic rings. The summed E-state index contributed by atoms with van der Waals surface area (Å²) >= 11 is 0. The van der Waals surface area contributed by atoms with Crippen molar-refractivity contribution in [1.29, 1.82) is 0 Å². The third-order valence-corrected chi connectivity index (χ3v) is 11.9. The quantitative estimate of drug-likeness (QED) is 0.174. The minimum Gasteiger partial charge on any atom is -0.457 e. The van der Waals surface area contributed by atoms with Crippen molar-refractivity contribution in [1.82, 2.24) is 15.0 Å². The second-order valence-corrected chi connectivity index (χ2v) is 15.5. The van der Waals surface area contributed by atoms with Crippen LogP contribution in [-0.4, -0.2) is 15.0 Å². The topological polar surface area (TPSA) is 47.9 Å². The zero-order valence-electron chi connectivity index (χ0n) is 32.8. The molecular weight excluding hydrogens is 764 g/mol. The van der Waals surface area contributed by atoms with Crippen molar-refractivity contribution in [2.24, 2.45) is 0 Å². The van der Waals surface area contributed by atoms with Crippen LogP contribution in [0.5, 0.6) is 11.5 Å². The van der Waals surface area contributed by atoms with Crippen LogP contribution in [0.4, 0.5) is 13.2 Å². The molecule has 292 valence electrons. The van der Waals surface area contributed by atoms with E-state index in [4.69, 9.17) is 19.7 Å². The monoisotopic (exact) mass is 797 g/mol. The summed E-state index contributed by atoms with van der Waals surface area (Å²) in [6.45, 7) is 2.03. The molecule has 1 spiro atoms. The number of hydrogen-bond acceptors (Lipinski definition) is 4. The molecule has 0 fully saturated rings. The normalized spacial score (nSPS) is 13.2. The molecule has 0 bridgehead atoms. The second-order valence-electron chi connectivity index (χ2n) is 15.5. The lowest BCUT2D eigenvalue weighted by atomic mass is 9.66. The summed E-state index contributed by atoms with van der Waals surface area (Å²) in [7, 11) is 0. The van der Waals surface area contributed by atoms with Crippen molar-refractivity contribution in [2.45, 2.75) is 18.5 Å². The predicted octanol–water partition coefficient (Wildman–Crippen LogP) is 14.0. The lowest BCUT2D eigenvalue weighted by Gasteiger charge is -2.39. The van der Waals surface area contributed by atoms with E-state index in [1.165, 1.54) is 12.1 Å². The molecule has 1 aliphatic carbocycles. The summed E-state index contributed by atoms with van der Waals surface area (Å²) < 4.78 is 47.5. The Bertz CT molecular complexity index is 3110. The molecule has 1 aromatic heterocycles. The first-order valence-corrected chi connectivity index (χ1v) is 20.1. The molecule has 0 amide bonds. The summed E-state index contributed by atoms with van der Waals surface area (Å²) in [5.74, 6) is 3.04. The second kappa shape index (κ2) is 14.0. The molecule has 0 unspecified atom stereocenters. The maximum absolute atomic E-state index is 13.7. The average molecular weight is 798 g/mol. The highest BCUT2D eigenvalue weighted by Crippen LogP contribution is 2.63. The van der Waals surface area contributed by atoms with Gasteiger partial charge in [-0.2, -0.15) is 13.2 Å². The molecule has 0 N–H and O–H groups in total. The highest BCUT2D eigenvalue weighted by molar-refractivity contribution is 5.96. The Hall–Kier alpha value is -7.64. The van der Waals surface area contributed by atoms with Gasteiger partial charge in [-0.25, -0.2) is 15.0 Å². The molecule has 0 saturated carbocycles. The van der Waals surface area contributed by atoms with Gasteiger partial charge >= 0.3 is 6.18 Å². The number of fused-ring (bicyclic) bond motifs is 9. The van der Waals surface area contributed by atoms with Crippen LogP contribution in [-0.2, 0) is 11.6 Å². The Morgan fingerprint density at radius 2 is 0.902 bits per heavy atom. The Morgan fingerprint density at radius 1 is 0.410 bits per heavy atom. The maximum Gasteiger partial charge on any atom is 0.416 e. The number of ether oxygens (including phenoxy) is 1. The largest absolute Gasteiger partial charge is 0.457 e. The van der Waals surface area contributed by atoms with Crippen LogP contribution in [0.3, 0.4) is 0 Å². The first-order valence-electron chi connectivity index (χ1n) is 20.1. The third-order valence-electron chi connectivity index (χ3n) is 11.9. The molecule has 7 heteroatoms. The first kappa shape index (κ1) is 36.4. The lowest BCUT2D eigenvalue weighted by Crippen LogP contribution is -2.32. The van der Waals surface area contributed by atoms with Gasteiger partial charge < -0.3 is 4.74 Å². The van der Waals surface area contributed by atoms with E-state index in [0.29, 0.717) is 28.6 Å². The predicted molar refractivity (Wildman–Crippen MR) is 234 cm³/mol. The van der Waals surface area contributed by atoms with Crippen molar-refractivity contribution in [3.63, 3.8) is 0 Å². The zero-order valence-corrected chi connectivity index (χ0v) is 32.8. The van der Waals surface area contributed by atoms with Crippen LogP contribution in [0.2, 0.25) is 0 Å². The van der Waals surface area contributed by atoms with Crippen molar-refractivity contribution in [3.05, 3.63) is 221 Å². The molecule has 0 saturated heterocycles. The van der Waals surface area contributed by atoms with E-state index < -0.39 is 17.2 Å². The number of rotatable bonds is 5. The standard InChI is InChI=1S/C54H34F3N3O/c1-33-22-24-34(25-23-33)37-30-38(35-26-28-40(29-27-35)54(55,56)57)32-39(31-37)51-58-50(36-12-3-2-4-13-36)59-52(60-51)42-15-11-19-46-49(42)41-14-5-6-16-43(41)53(46)44-17-7-9-20-47(44)61-48-21-10-8-18-45(48)53/h2-32H,1H3. The SMILES string of the molecule is Cc1ccc(-c2cc(-c3ccc(C(F)(F)F)cc3)cc(-c3nc(-c4ccccc4)nc(-c4cccc5c4-c4ccccc4C54c5ccccc5Oc5ccccc54)n3)c2)cc1. The summed E-state index contributed by atoms with van der Waals surface area (Å²) in [5.41, 5.74) is 11.8. The van der Waals surface area contributed by atoms with Gasteiger partial charge in [-0.3, -0.25) is 0 Å². The van der Waals surface area contributed by atoms with Crippen LogP contribution in [0.25, 0.3) is 67.5 Å². The van der Waals surface area contributed by atoms with E-state index in [9.17, 15) is 13.2 Å². The van der Waals surface area contributed by atoms with Gasteiger partial charge in [-0.1, -0.05) is 151 Å². The number of nitrogens with zero attached hydrogens (tertiary/aromatic N) is 3. The van der Waals surface area contributed by atoms with Crippen LogP contribution in [0, 0.1) is 6.92 Å². The summed E-state index contributed by atoms with van der Waals surface area (Å²) in [5, 5.41) is 0. The van der Waals surface area contributed by atoms with E-state index in [2.05, 4.69) is 66.7 Å². The van der Waals surface area contributed by atoms with Gasteiger partial charge in [0.15, 0.2) is 17.5 Å². The highest BCUT2D eigenvalue weighted by atomic mass is 19.4. The molecule has 61 heavy (non-hydrogen) atoms. The lowest BCUT2D eigenvalue weighted by molar-refractivity contribution is -0.137. The van der Waals surface area contributed by atoms with Crippen molar-refractivity contribution < 1.29 is 17.9 Å². The Kier molecular flexibility index (Phi) is 8.36. The smallest absolute Gasteiger partial charge is 0.416 e. The van der Waals surface area contributed by atoms with Crippen LogP contribution in [0.1, 0.15) is 33.4 Å². The Labute approximate surface area is 350 Å². The fourth-order valence-corrected chi connectivity index (χ4v) is 9.12. The first-order chi connectivity index (χ1) is 29.8. The number of aryl methyl sites for hydroxylation is 1. The summed E-state index contributed by atoms with van der Waals surface area (Å²) in [4.78, 5) is 15.7. The van der Waals surface area contributed by atoms with Crippen LogP contribution in [0.15, 0.2) is 188 Å². The number of alkyl halides is 3. The number of para-hydroxylation sites is 2. The minimum atomic E-state index is -4.45. The van der Waals surface area contributed by atoms with Crippen molar-refractivity contribution in [3.8, 4) is 79.0 Å².